The number of carbonyl (C=O) groups excluding carboxylic acids is 2. The molecule has 1 aromatic heterocycles. The molecule has 0 aliphatic heterocycles. The van der Waals surface area contributed by atoms with Crippen LogP contribution in [0.15, 0.2) is 60.3 Å². The minimum absolute atomic E-state index is 0.0277. The summed E-state index contributed by atoms with van der Waals surface area (Å²) in [5, 5.41) is 15.6. The van der Waals surface area contributed by atoms with Gasteiger partial charge in [-0.2, -0.15) is 0 Å². The van der Waals surface area contributed by atoms with Gasteiger partial charge in [0.25, 0.3) is 5.91 Å². The van der Waals surface area contributed by atoms with Gasteiger partial charge in [0, 0.05) is 12.2 Å². The number of allylic oxidation sites excluding steroid dienone is 1. The summed E-state index contributed by atoms with van der Waals surface area (Å²) < 4.78 is 1.87. The van der Waals surface area contributed by atoms with Gasteiger partial charge in [-0.05, 0) is 55.2 Å². The molecule has 0 unspecified atom stereocenters. The van der Waals surface area contributed by atoms with E-state index < -0.39 is 6.04 Å². The maximum Gasteiger partial charge on any atom is 0.253 e. The molecule has 0 aliphatic rings. The molecule has 7 nitrogen and oxygen atoms in total. The molecule has 2 N–H and O–H groups in total. The third-order valence-electron chi connectivity index (χ3n) is 5.24. The van der Waals surface area contributed by atoms with E-state index in [0.717, 1.165) is 16.8 Å². The number of hydrogen-bond acceptors (Lipinski definition) is 5. The lowest BCUT2D eigenvalue weighted by atomic mass is 10.0. The second-order valence-electron chi connectivity index (χ2n) is 8.63. The van der Waals surface area contributed by atoms with E-state index in [1.54, 1.807) is 30.3 Å². The van der Waals surface area contributed by atoms with Crippen molar-refractivity contribution in [1.29, 1.82) is 0 Å². The van der Waals surface area contributed by atoms with E-state index in [2.05, 4.69) is 33.5 Å². The first-order chi connectivity index (χ1) is 16.7. The maximum atomic E-state index is 12.9. The summed E-state index contributed by atoms with van der Waals surface area (Å²) in [6.45, 7) is 12.3. The summed E-state index contributed by atoms with van der Waals surface area (Å²) >= 11 is 7.50. The average Bonchev–Trinajstić information content (AvgIpc) is 3.17. The number of benzene rings is 2. The van der Waals surface area contributed by atoms with Crippen LogP contribution in [0, 0.1) is 19.8 Å². The van der Waals surface area contributed by atoms with Crippen LogP contribution >= 0.6 is 23.4 Å². The molecule has 0 saturated heterocycles. The Hall–Kier alpha value is -3.10. The standard InChI is InChI=1S/C26H30ClN5O2S/c1-6-11-32-24(23(16(2)3)29-25(34)20-9-7-8-10-21(20)27)30-31-26(32)35-15-22(33)28-19-13-17(4)12-18(5)14-19/h6-10,12-14,16,23H,1,11,15H2,2-5H3,(H,28,33)(H,29,34)/t23-/m1/s1. The zero-order valence-electron chi connectivity index (χ0n) is 20.3. The van der Waals surface area contributed by atoms with E-state index in [4.69, 9.17) is 11.6 Å². The number of aromatic nitrogens is 3. The molecule has 0 aliphatic carbocycles. The quantitative estimate of drug-likeness (QED) is 0.273. The number of anilines is 1. The van der Waals surface area contributed by atoms with Crippen molar-refractivity contribution in [2.75, 3.05) is 11.1 Å². The highest BCUT2D eigenvalue weighted by molar-refractivity contribution is 7.99. The van der Waals surface area contributed by atoms with Crippen LogP contribution in [-0.4, -0.2) is 32.3 Å². The van der Waals surface area contributed by atoms with Gasteiger partial charge >= 0.3 is 0 Å². The van der Waals surface area contributed by atoms with Gasteiger partial charge in [0.15, 0.2) is 11.0 Å². The Kier molecular flexibility index (Phi) is 9.12. The topological polar surface area (TPSA) is 88.9 Å². The van der Waals surface area contributed by atoms with Crippen molar-refractivity contribution in [2.24, 2.45) is 5.92 Å². The fraction of sp³-hybridized carbons (Fsp3) is 0.308. The van der Waals surface area contributed by atoms with E-state index in [0.29, 0.717) is 28.1 Å². The molecule has 1 atom stereocenters. The molecular weight excluding hydrogens is 482 g/mol. The van der Waals surface area contributed by atoms with Gasteiger partial charge < -0.3 is 15.2 Å². The predicted molar refractivity (Wildman–Crippen MR) is 142 cm³/mol. The third kappa shape index (κ3) is 6.96. The van der Waals surface area contributed by atoms with Crippen LogP contribution in [0.25, 0.3) is 0 Å². The second kappa shape index (κ2) is 12.0. The van der Waals surface area contributed by atoms with E-state index in [9.17, 15) is 9.59 Å². The molecule has 0 radical (unpaired) electrons. The van der Waals surface area contributed by atoms with Gasteiger partial charge in [-0.1, -0.05) is 61.5 Å². The molecule has 2 amide bonds. The number of rotatable bonds is 10. The van der Waals surface area contributed by atoms with Crippen molar-refractivity contribution in [3.05, 3.63) is 82.7 Å². The Morgan fingerprint density at radius 2 is 1.83 bits per heavy atom. The summed E-state index contributed by atoms with van der Waals surface area (Å²) in [4.78, 5) is 25.5. The minimum atomic E-state index is -0.412. The summed E-state index contributed by atoms with van der Waals surface area (Å²) in [7, 11) is 0. The van der Waals surface area contributed by atoms with Gasteiger partial charge in [-0.25, -0.2) is 0 Å². The van der Waals surface area contributed by atoms with Crippen LogP contribution in [0.3, 0.4) is 0 Å². The molecular formula is C26H30ClN5O2S. The Bertz CT molecular complexity index is 1200. The first-order valence-corrected chi connectivity index (χ1v) is 12.7. The first-order valence-electron chi connectivity index (χ1n) is 11.3. The lowest BCUT2D eigenvalue weighted by molar-refractivity contribution is -0.113. The summed E-state index contributed by atoms with van der Waals surface area (Å²) in [6.07, 6.45) is 1.74. The van der Waals surface area contributed by atoms with Crippen LogP contribution < -0.4 is 10.6 Å². The molecule has 0 spiro atoms. The van der Waals surface area contributed by atoms with E-state index in [1.165, 1.54) is 11.8 Å². The minimum Gasteiger partial charge on any atom is -0.342 e. The molecule has 2 aromatic carbocycles. The van der Waals surface area contributed by atoms with Crippen molar-refractivity contribution in [1.82, 2.24) is 20.1 Å². The lowest BCUT2D eigenvalue weighted by Crippen LogP contribution is -2.34. The molecule has 1 heterocycles. The number of aryl methyl sites for hydroxylation is 2. The molecule has 0 bridgehead atoms. The van der Waals surface area contributed by atoms with Crippen LogP contribution in [0.4, 0.5) is 5.69 Å². The summed E-state index contributed by atoms with van der Waals surface area (Å²) in [6, 6.07) is 12.4. The maximum absolute atomic E-state index is 12.9. The van der Waals surface area contributed by atoms with Crippen molar-refractivity contribution < 1.29 is 9.59 Å². The predicted octanol–water partition coefficient (Wildman–Crippen LogP) is 5.59. The fourth-order valence-electron chi connectivity index (χ4n) is 3.71. The molecule has 35 heavy (non-hydrogen) atoms. The van der Waals surface area contributed by atoms with Crippen LogP contribution in [-0.2, 0) is 11.3 Å². The largest absolute Gasteiger partial charge is 0.342 e. The van der Waals surface area contributed by atoms with Crippen molar-refractivity contribution >= 4 is 40.9 Å². The smallest absolute Gasteiger partial charge is 0.253 e. The number of amides is 2. The van der Waals surface area contributed by atoms with Gasteiger partial charge in [0.1, 0.15) is 0 Å². The van der Waals surface area contributed by atoms with Crippen molar-refractivity contribution in [3.8, 4) is 0 Å². The summed E-state index contributed by atoms with van der Waals surface area (Å²) in [5.41, 5.74) is 3.33. The zero-order valence-corrected chi connectivity index (χ0v) is 21.9. The van der Waals surface area contributed by atoms with Crippen LogP contribution in [0.5, 0.6) is 0 Å². The van der Waals surface area contributed by atoms with Crippen molar-refractivity contribution in [2.45, 2.75) is 45.4 Å². The highest BCUT2D eigenvalue weighted by Crippen LogP contribution is 2.27. The number of nitrogens with one attached hydrogen (secondary N) is 2. The molecule has 3 aromatic rings. The number of thioether (sulfide) groups is 1. The van der Waals surface area contributed by atoms with Gasteiger partial charge in [-0.15, -0.1) is 16.8 Å². The van der Waals surface area contributed by atoms with Gasteiger partial charge in [-0.3, -0.25) is 9.59 Å². The number of nitrogens with zero attached hydrogens (tertiary/aromatic N) is 3. The Morgan fingerprint density at radius 1 is 1.14 bits per heavy atom. The zero-order chi connectivity index (χ0) is 25.5. The van der Waals surface area contributed by atoms with Crippen LogP contribution in [0.1, 0.15) is 47.2 Å². The Morgan fingerprint density at radius 3 is 2.46 bits per heavy atom. The number of hydrogen-bond donors (Lipinski definition) is 2. The van der Waals surface area contributed by atoms with Crippen molar-refractivity contribution in [3.63, 3.8) is 0 Å². The molecule has 184 valence electrons. The van der Waals surface area contributed by atoms with E-state index in [1.807, 2.05) is 44.4 Å². The lowest BCUT2D eigenvalue weighted by Gasteiger charge is -2.23. The van der Waals surface area contributed by atoms with Crippen LogP contribution in [0.2, 0.25) is 5.02 Å². The first kappa shape index (κ1) is 26.5. The molecule has 0 fully saturated rings. The monoisotopic (exact) mass is 511 g/mol. The second-order valence-corrected chi connectivity index (χ2v) is 9.98. The highest BCUT2D eigenvalue weighted by atomic mass is 35.5. The fourth-order valence-corrected chi connectivity index (χ4v) is 4.68. The number of carbonyl (C=O) groups is 2. The molecule has 9 heteroatoms. The summed E-state index contributed by atoms with van der Waals surface area (Å²) in [5.74, 6) is 0.365. The third-order valence-corrected chi connectivity index (χ3v) is 6.54. The normalized spacial score (nSPS) is 11.8. The van der Waals surface area contributed by atoms with Gasteiger partial charge in [0.2, 0.25) is 5.91 Å². The Labute approximate surface area is 215 Å². The Balaban J connectivity index is 1.76. The van der Waals surface area contributed by atoms with E-state index in [-0.39, 0.29) is 23.5 Å². The SMILES string of the molecule is C=CCn1c(SCC(=O)Nc2cc(C)cc(C)c2)nnc1[C@H](NC(=O)c1ccccc1Cl)C(C)C. The highest BCUT2D eigenvalue weighted by Gasteiger charge is 2.27. The van der Waals surface area contributed by atoms with Gasteiger partial charge in [0.05, 0.1) is 22.4 Å². The molecule has 3 rings (SSSR count). The van der Waals surface area contributed by atoms with E-state index >= 15 is 0 Å². The average molecular weight is 512 g/mol. The number of halogens is 1. The molecule has 0 saturated carbocycles.